The van der Waals surface area contributed by atoms with Crippen molar-refractivity contribution in [1.82, 2.24) is 10.2 Å². The number of carbonyl (C=O) groups excluding carboxylic acids is 3. The van der Waals surface area contributed by atoms with Gasteiger partial charge in [0.05, 0.1) is 18.6 Å². The standard InChI is InChI=1S/C32H34Cl2N2O4.C2H6/c1-2-3-18-40-30(38)26-19-32(20-26,36(28(37)21-33)22-23-14-16-27(34)17-15-23)31(39)35-29(24-10-6-4-7-11-24)25-12-8-5-9-13-25;1-2/h4-17,26,29H,2-3,18-22H2,1H3,(H,35,39);1-2H3. The van der Waals surface area contributed by atoms with Gasteiger partial charge in [0.2, 0.25) is 11.8 Å². The van der Waals surface area contributed by atoms with Gasteiger partial charge in [0.25, 0.3) is 0 Å². The minimum atomic E-state index is -1.28. The highest BCUT2D eigenvalue weighted by Crippen LogP contribution is 2.45. The minimum absolute atomic E-state index is 0.148. The molecule has 0 atom stereocenters. The molecule has 1 aliphatic rings. The molecule has 0 unspecified atom stereocenters. The van der Waals surface area contributed by atoms with Crippen molar-refractivity contribution in [2.75, 3.05) is 12.5 Å². The third kappa shape index (κ3) is 8.14. The Bertz CT molecular complexity index is 1240. The molecule has 0 saturated heterocycles. The van der Waals surface area contributed by atoms with Crippen LogP contribution in [-0.2, 0) is 25.7 Å². The molecular weight excluding hydrogens is 571 g/mol. The number of esters is 1. The van der Waals surface area contributed by atoms with Crippen LogP contribution in [0.25, 0.3) is 0 Å². The predicted molar refractivity (Wildman–Crippen MR) is 168 cm³/mol. The molecule has 0 spiro atoms. The third-order valence-electron chi connectivity index (χ3n) is 7.39. The number of unbranched alkanes of at least 4 members (excludes halogenated alkanes) is 1. The van der Waals surface area contributed by atoms with Crippen molar-refractivity contribution in [2.45, 2.75) is 64.6 Å². The van der Waals surface area contributed by atoms with Crippen LogP contribution in [0.5, 0.6) is 0 Å². The Kier molecular flexibility index (Phi) is 12.9. The molecule has 1 fully saturated rings. The molecular formula is C34H40Cl2N2O4. The lowest BCUT2D eigenvalue weighted by atomic mass is 9.66. The second-order valence-corrected chi connectivity index (χ2v) is 10.8. The van der Waals surface area contributed by atoms with Gasteiger partial charge in [0.1, 0.15) is 11.4 Å². The summed E-state index contributed by atoms with van der Waals surface area (Å²) in [5.74, 6) is -1.86. The number of halogens is 2. The van der Waals surface area contributed by atoms with Gasteiger partial charge in [-0.3, -0.25) is 14.4 Å². The summed E-state index contributed by atoms with van der Waals surface area (Å²) in [5, 5.41) is 3.78. The normalized spacial score (nSPS) is 17.3. The Balaban J connectivity index is 0.00000237. The number of ether oxygens (including phenoxy) is 1. The van der Waals surface area contributed by atoms with Crippen molar-refractivity contribution >= 4 is 41.0 Å². The van der Waals surface area contributed by atoms with Crippen LogP contribution in [0.1, 0.15) is 69.2 Å². The fraction of sp³-hybridized carbons (Fsp3) is 0.382. The van der Waals surface area contributed by atoms with Gasteiger partial charge in [0.15, 0.2) is 0 Å². The van der Waals surface area contributed by atoms with E-state index >= 15 is 0 Å². The quantitative estimate of drug-likeness (QED) is 0.132. The van der Waals surface area contributed by atoms with Crippen molar-refractivity contribution in [3.8, 4) is 0 Å². The van der Waals surface area contributed by atoms with E-state index in [-0.39, 0.29) is 43.1 Å². The molecule has 1 saturated carbocycles. The van der Waals surface area contributed by atoms with Gasteiger partial charge < -0.3 is 15.0 Å². The van der Waals surface area contributed by atoms with Gasteiger partial charge in [0, 0.05) is 11.6 Å². The van der Waals surface area contributed by atoms with E-state index < -0.39 is 17.5 Å². The van der Waals surface area contributed by atoms with Crippen molar-refractivity contribution < 1.29 is 19.1 Å². The van der Waals surface area contributed by atoms with Crippen LogP contribution in [0.2, 0.25) is 5.02 Å². The molecule has 4 rings (SSSR count). The average molecular weight is 612 g/mol. The van der Waals surface area contributed by atoms with Crippen molar-refractivity contribution in [3.63, 3.8) is 0 Å². The van der Waals surface area contributed by atoms with Crippen molar-refractivity contribution in [3.05, 3.63) is 107 Å². The summed E-state index contributed by atoms with van der Waals surface area (Å²) < 4.78 is 5.46. The zero-order valence-electron chi connectivity index (χ0n) is 24.5. The van der Waals surface area contributed by atoms with E-state index in [2.05, 4.69) is 5.32 Å². The summed E-state index contributed by atoms with van der Waals surface area (Å²) in [5.41, 5.74) is 1.33. The van der Waals surface area contributed by atoms with E-state index in [9.17, 15) is 14.4 Å². The van der Waals surface area contributed by atoms with Gasteiger partial charge in [-0.2, -0.15) is 0 Å². The van der Waals surface area contributed by atoms with Crippen molar-refractivity contribution in [1.29, 1.82) is 0 Å². The lowest BCUT2D eigenvalue weighted by Gasteiger charge is -2.52. The predicted octanol–water partition coefficient (Wildman–Crippen LogP) is 7.33. The number of hydrogen-bond donors (Lipinski definition) is 1. The van der Waals surface area contributed by atoms with Gasteiger partial charge in [-0.1, -0.05) is 112 Å². The summed E-state index contributed by atoms with van der Waals surface area (Å²) >= 11 is 12.2. The average Bonchev–Trinajstić information content (AvgIpc) is 3.01. The maximum Gasteiger partial charge on any atom is 0.309 e. The van der Waals surface area contributed by atoms with Crippen LogP contribution in [0.4, 0.5) is 0 Å². The summed E-state index contributed by atoms with van der Waals surface area (Å²) in [4.78, 5) is 42.0. The van der Waals surface area contributed by atoms with Crippen LogP contribution in [-0.4, -0.2) is 40.7 Å². The SMILES string of the molecule is CC.CCCCOC(=O)C1CC(C(=O)NC(c2ccccc2)c2ccccc2)(N(Cc2ccc(Cl)cc2)C(=O)CCl)C1. The summed E-state index contributed by atoms with van der Waals surface area (Å²) in [7, 11) is 0. The molecule has 8 heteroatoms. The van der Waals surface area contributed by atoms with Crippen molar-refractivity contribution in [2.24, 2.45) is 5.92 Å². The van der Waals surface area contributed by atoms with E-state index in [1.165, 1.54) is 4.90 Å². The molecule has 2 amide bonds. The molecule has 3 aromatic carbocycles. The first-order valence-corrected chi connectivity index (χ1v) is 15.5. The second-order valence-electron chi connectivity index (χ2n) is 10.1. The summed E-state index contributed by atoms with van der Waals surface area (Å²) in [6.45, 7) is 6.51. The van der Waals surface area contributed by atoms with Crippen LogP contribution < -0.4 is 5.32 Å². The Hall–Kier alpha value is -3.35. The largest absolute Gasteiger partial charge is 0.465 e. The maximum atomic E-state index is 14.3. The molecule has 42 heavy (non-hydrogen) atoms. The topological polar surface area (TPSA) is 75.7 Å². The smallest absolute Gasteiger partial charge is 0.309 e. The number of hydrogen-bond acceptors (Lipinski definition) is 4. The molecule has 0 bridgehead atoms. The molecule has 0 aromatic heterocycles. The Labute approximate surface area is 259 Å². The Morgan fingerprint density at radius 1 is 0.929 bits per heavy atom. The molecule has 3 aromatic rings. The number of carbonyl (C=O) groups is 3. The molecule has 1 N–H and O–H groups in total. The lowest BCUT2D eigenvalue weighted by Crippen LogP contribution is -2.68. The number of alkyl halides is 1. The first-order valence-electron chi connectivity index (χ1n) is 14.6. The number of nitrogens with one attached hydrogen (secondary N) is 1. The van der Waals surface area contributed by atoms with E-state index in [4.69, 9.17) is 27.9 Å². The van der Waals surface area contributed by atoms with E-state index in [1.807, 2.05) is 93.6 Å². The van der Waals surface area contributed by atoms with E-state index in [0.29, 0.717) is 11.6 Å². The molecule has 0 heterocycles. The monoisotopic (exact) mass is 610 g/mol. The third-order valence-corrected chi connectivity index (χ3v) is 7.87. The summed E-state index contributed by atoms with van der Waals surface area (Å²) in [6, 6.07) is 26.0. The van der Waals surface area contributed by atoms with Crippen LogP contribution in [0.15, 0.2) is 84.9 Å². The number of amides is 2. The minimum Gasteiger partial charge on any atom is -0.465 e. The molecule has 6 nitrogen and oxygen atoms in total. The van der Waals surface area contributed by atoms with Gasteiger partial charge in [-0.05, 0) is 48.1 Å². The highest BCUT2D eigenvalue weighted by Gasteiger charge is 2.58. The first kappa shape index (κ1) is 33.2. The highest BCUT2D eigenvalue weighted by molar-refractivity contribution is 6.30. The zero-order valence-corrected chi connectivity index (χ0v) is 26.0. The number of rotatable bonds is 12. The lowest BCUT2D eigenvalue weighted by molar-refractivity contribution is -0.170. The zero-order chi connectivity index (χ0) is 30.5. The molecule has 0 aliphatic heterocycles. The van der Waals surface area contributed by atoms with Gasteiger partial charge in [-0.25, -0.2) is 0 Å². The number of benzene rings is 3. The second kappa shape index (κ2) is 16.3. The highest BCUT2D eigenvalue weighted by atomic mass is 35.5. The summed E-state index contributed by atoms with van der Waals surface area (Å²) in [6.07, 6.45) is 1.98. The van der Waals surface area contributed by atoms with Crippen LogP contribution in [0, 0.1) is 5.92 Å². The molecule has 0 radical (unpaired) electrons. The Morgan fingerprint density at radius 2 is 1.48 bits per heavy atom. The first-order chi connectivity index (χ1) is 20.4. The van der Waals surface area contributed by atoms with Gasteiger partial charge >= 0.3 is 5.97 Å². The Morgan fingerprint density at radius 3 is 1.98 bits per heavy atom. The molecule has 1 aliphatic carbocycles. The van der Waals surface area contributed by atoms with E-state index in [1.54, 1.807) is 12.1 Å². The fourth-order valence-electron chi connectivity index (χ4n) is 5.12. The fourth-order valence-corrected chi connectivity index (χ4v) is 5.39. The maximum absolute atomic E-state index is 14.3. The van der Waals surface area contributed by atoms with Gasteiger partial charge in [-0.15, -0.1) is 11.6 Å². The molecule has 224 valence electrons. The van der Waals surface area contributed by atoms with Crippen LogP contribution >= 0.6 is 23.2 Å². The van der Waals surface area contributed by atoms with Crippen LogP contribution in [0.3, 0.4) is 0 Å². The van der Waals surface area contributed by atoms with E-state index in [0.717, 1.165) is 29.5 Å². The number of nitrogens with zero attached hydrogens (tertiary/aromatic N) is 1.